The molecule has 1 aliphatic rings. The summed E-state index contributed by atoms with van der Waals surface area (Å²) in [4.78, 5) is 13.9. The molecule has 19 heavy (non-hydrogen) atoms. The lowest BCUT2D eigenvalue weighted by Gasteiger charge is -2.20. The monoisotopic (exact) mass is 257 g/mol. The summed E-state index contributed by atoms with van der Waals surface area (Å²) in [5.41, 5.74) is 7.73. The minimum Gasteiger partial charge on any atom is -0.350 e. The number of nitrogens with two attached hydrogens (primary N) is 1. The van der Waals surface area contributed by atoms with Crippen LogP contribution < -0.4 is 5.73 Å². The summed E-state index contributed by atoms with van der Waals surface area (Å²) in [5.74, 6) is 0.0560. The van der Waals surface area contributed by atoms with Crippen LogP contribution >= 0.6 is 0 Å². The first kappa shape index (κ1) is 12.2. The van der Waals surface area contributed by atoms with Crippen LogP contribution in [-0.4, -0.2) is 28.0 Å². The Kier molecular flexibility index (Phi) is 2.64. The Bertz CT molecular complexity index is 640. The molecule has 1 heterocycles. The first-order valence-corrected chi connectivity index (χ1v) is 6.59. The fourth-order valence-corrected chi connectivity index (χ4v) is 2.61. The molecule has 1 aromatic carbocycles. The third-order valence-corrected chi connectivity index (χ3v) is 3.95. The average molecular weight is 257 g/mol. The summed E-state index contributed by atoms with van der Waals surface area (Å²) in [5, 5.41) is 1.20. The van der Waals surface area contributed by atoms with Crippen LogP contribution in [0.25, 0.3) is 10.9 Å². The molecular weight excluding hydrogens is 238 g/mol. The molecule has 0 atom stereocenters. The van der Waals surface area contributed by atoms with Gasteiger partial charge < -0.3 is 15.2 Å². The molecule has 0 spiro atoms. The minimum absolute atomic E-state index is 0.0560. The van der Waals surface area contributed by atoms with Gasteiger partial charge in [0.25, 0.3) is 0 Å². The van der Waals surface area contributed by atoms with Crippen molar-refractivity contribution >= 4 is 16.8 Å². The zero-order valence-corrected chi connectivity index (χ0v) is 11.4. The second kappa shape index (κ2) is 4.10. The largest absolute Gasteiger partial charge is 0.350 e. The Labute approximate surface area is 112 Å². The van der Waals surface area contributed by atoms with Crippen LogP contribution in [0.4, 0.5) is 0 Å². The zero-order chi connectivity index (χ0) is 13.6. The first-order valence-electron chi connectivity index (χ1n) is 6.59. The molecule has 2 N–H and O–H groups in total. The SMILES string of the molecule is CN(Cc1cn(C)c2ccccc12)C(=O)C1(N)CC1. The van der Waals surface area contributed by atoms with Crippen LogP contribution in [0.1, 0.15) is 18.4 Å². The summed E-state index contributed by atoms with van der Waals surface area (Å²) in [7, 11) is 3.86. The van der Waals surface area contributed by atoms with E-state index < -0.39 is 5.54 Å². The first-order chi connectivity index (χ1) is 9.01. The fourth-order valence-electron chi connectivity index (χ4n) is 2.61. The van der Waals surface area contributed by atoms with Crippen molar-refractivity contribution in [3.63, 3.8) is 0 Å². The van der Waals surface area contributed by atoms with Crippen molar-refractivity contribution in [2.45, 2.75) is 24.9 Å². The maximum Gasteiger partial charge on any atom is 0.242 e. The van der Waals surface area contributed by atoms with E-state index in [0.29, 0.717) is 6.54 Å². The van der Waals surface area contributed by atoms with E-state index in [4.69, 9.17) is 5.73 Å². The number of hydrogen-bond donors (Lipinski definition) is 1. The van der Waals surface area contributed by atoms with E-state index in [1.807, 2.05) is 26.2 Å². The summed E-state index contributed by atoms with van der Waals surface area (Å²) >= 11 is 0. The number of amides is 1. The minimum atomic E-state index is -0.584. The molecule has 1 fully saturated rings. The summed E-state index contributed by atoms with van der Waals surface area (Å²) in [6.45, 7) is 0.610. The molecule has 3 rings (SSSR count). The molecule has 1 aliphatic carbocycles. The summed E-state index contributed by atoms with van der Waals surface area (Å²) < 4.78 is 2.10. The Hall–Kier alpha value is -1.81. The van der Waals surface area contributed by atoms with Crippen molar-refractivity contribution in [1.29, 1.82) is 0 Å². The number of rotatable bonds is 3. The van der Waals surface area contributed by atoms with E-state index in [0.717, 1.165) is 12.8 Å². The second-order valence-corrected chi connectivity index (χ2v) is 5.60. The number of carbonyl (C=O) groups is 1. The van der Waals surface area contributed by atoms with Crippen molar-refractivity contribution in [1.82, 2.24) is 9.47 Å². The topological polar surface area (TPSA) is 51.3 Å². The number of carbonyl (C=O) groups excluding carboxylic acids is 1. The fraction of sp³-hybridized carbons (Fsp3) is 0.400. The molecule has 0 unspecified atom stereocenters. The average Bonchev–Trinajstić information content (AvgIpc) is 3.08. The van der Waals surface area contributed by atoms with E-state index in [9.17, 15) is 4.79 Å². The van der Waals surface area contributed by atoms with Gasteiger partial charge in [-0.2, -0.15) is 0 Å². The Morgan fingerprint density at radius 3 is 2.79 bits per heavy atom. The molecule has 0 saturated heterocycles. The van der Waals surface area contributed by atoms with E-state index in [2.05, 4.69) is 22.9 Å². The molecule has 1 saturated carbocycles. The molecule has 1 aromatic heterocycles. The van der Waals surface area contributed by atoms with Crippen LogP contribution in [0.5, 0.6) is 0 Å². The van der Waals surface area contributed by atoms with E-state index in [1.54, 1.807) is 4.90 Å². The summed E-state index contributed by atoms with van der Waals surface area (Å²) in [6.07, 6.45) is 3.71. The highest BCUT2D eigenvalue weighted by Gasteiger charge is 2.47. The maximum atomic E-state index is 12.2. The molecule has 2 aromatic rings. The van der Waals surface area contributed by atoms with Gasteiger partial charge in [-0.3, -0.25) is 4.79 Å². The van der Waals surface area contributed by atoms with E-state index in [1.165, 1.54) is 16.5 Å². The van der Waals surface area contributed by atoms with Crippen molar-refractivity contribution < 1.29 is 4.79 Å². The maximum absolute atomic E-state index is 12.2. The molecular formula is C15H19N3O. The third-order valence-electron chi connectivity index (χ3n) is 3.95. The van der Waals surface area contributed by atoms with Gasteiger partial charge in [0.2, 0.25) is 5.91 Å². The molecule has 1 amide bonds. The summed E-state index contributed by atoms with van der Waals surface area (Å²) in [6, 6.07) is 8.24. The lowest BCUT2D eigenvalue weighted by Crippen LogP contribution is -2.43. The highest BCUT2D eigenvalue weighted by atomic mass is 16.2. The second-order valence-electron chi connectivity index (χ2n) is 5.60. The molecule has 0 radical (unpaired) electrons. The Morgan fingerprint density at radius 1 is 1.42 bits per heavy atom. The van der Waals surface area contributed by atoms with Gasteiger partial charge in [0.05, 0.1) is 5.54 Å². The van der Waals surface area contributed by atoms with Gasteiger partial charge in [0, 0.05) is 37.7 Å². The van der Waals surface area contributed by atoms with Gasteiger partial charge in [-0.1, -0.05) is 18.2 Å². The zero-order valence-electron chi connectivity index (χ0n) is 11.4. The lowest BCUT2D eigenvalue weighted by atomic mass is 10.1. The van der Waals surface area contributed by atoms with Gasteiger partial charge in [-0.05, 0) is 24.5 Å². The van der Waals surface area contributed by atoms with Crippen LogP contribution in [0, 0.1) is 0 Å². The van der Waals surface area contributed by atoms with Crippen LogP contribution in [-0.2, 0) is 18.4 Å². The highest BCUT2D eigenvalue weighted by Crippen LogP contribution is 2.34. The van der Waals surface area contributed by atoms with E-state index >= 15 is 0 Å². The number of likely N-dealkylation sites (N-methyl/N-ethyl adjacent to an activating group) is 1. The Balaban J connectivity index is 1.87. The van der Waals surface area contributed by atoms with Crippen LogP contribution in [0.15, 0.2) is 30.5 Å². The normalized spacial score (nSPS) is 16.6. The number of para-hydroxylation sites is 1. The quantitative estimate of drug-likeness (QED) is 0.908. The van der Waals surface area contributed by atoms with Crippen LogP contribution in [0.3, 0.4) is 0 Å². The van der Waals surface area contributed by atoms with Crippen LogP contribution in [0.2, 0.25) is 0 Å². The van der Waals surface area contributed by atoms with Gasteiger partial charge in [0.15, 0.2) is 0 Å². The van der Waals surface area contributed by atoms with Gasteiger partial charge >= 0.3 is 0 Å². The van der Waals surface area contributed by atoms with Gasteiger partial charge in [0.1, 0.15) is 0 Å². The number of benzene rings is 1. The van der Waals surface area contributed by atoms with Gasteiger partial charge in [-0.15, -0.1) is 0 Å². The molecule has 4 heteroatoms. The third kappa shape index (κ3) is 2.02. The predicted octanol–water partition coefficient (Wildman–Crippen LogP) is 1.63. The number of aromatic nitrogens is 1. The number of aryl methyl sites for hydroxylation is 1. The predicted molar refractivity (Wildman–Crippen MR) is 75.5 cm³/mol. The molecule has 100 valence electrons. The molecule has 4 nitrogen and oxygen atoms in total. The number of hydrogen-bond acceptors (Lipinski definition) is 2. The van der Waals surface area contributed by atoms with E-state index in [-0.39, 0.29) is 5.91 Å². The van der Waals surface area contributed by atoms with Crippen molar-refractivity contribution in [2.75, 3.05) is 7.05 Å². The molecule has 0 aliphatic heterocycles. The standard InChI is InChI=1S/C15H19N3O/c1-17-9-11(12-5-3-4-6-13(12)17)10-18(2)14(19)15(16)7-8-15/h3-6,9H,7-8,10,16H2,1-2H3. The molecule has 0 bridgehead atoms. The number of fused-ring (bicyclic) bond motifs is 1. The Morgan fingerprint density at radius 2 is 2.11 bits per heavy atom. The van der Waals surface area contributed by atoms with Crippen molar-refractivity contribution in [3.8, 4) is 0 Å². The highest BCUT2D eigenvalue weighted by molar-refractivity contribution is 5.89. The number of nitrogens with zero attached hydrogens (tertiary/aromatic N) is 2. The lowest BCUT2D eigenvalue weighted by molar-refractivity contribution is -0.132. The van der Waals surface area contributed by atoms with Gasteiger partial charge in [-0.25, -0.2) is 0 Å². The van der Waals surface area contributed by atoms with Crippen molar-refractivity contribution in [2.24, 2.45) is 12.8 Å². The smallest absolute Gasteiger partial charge is 0.242 e. The van der Waals surface area contributed by atoms with Crippen molar-refractivity contribution in [3.05, 3.63) is 36.0 Å².